The molecule has 104 valence electrons. The third-order valence-electron chi connectivity index (χ3n) is 5.25. The van der Waals surface area contributed by atoms with Crippen molar-refractivity contribution >= 4 is 10.9 Å². The number of furan rings is 1. The Morgan fingerprint density at radius 2 is 2.00 bits per heavy atom. The molecule has 2 nitrogen and oxygen atoms in total. The van der Waals surface area contributed by atoms with Gasteiger partial charge in [-0.2, -0.15) is 0 Å². The van der Waals surface area contributed by atoms with E-state index in [0.29, 0.717) is 17.8 Å². The molecular formula is C19H17NO. The number of para-hydroxylation sites is 1. The molecule has 1 unspecified atom stereocenters. The lowest BCUT2D eigenvalue weighted by Crippen LogP contribution is -2.19. The molecular weight excluding hydrogens is 258 g/mol. The van der Waals surface area contributed by atoms with E-state index in [1.54, 1.807) is 6.26 Å². The highest BCUT2D eigenvalue weighted by atomic mass is 16.3. The fourth-order valence-corrected chi connectivity index (χ4v) is 4.43. The summed E-state index contributed by atoms with van der Waals surface area (Å²) in [6.07, 6.45) is 7.80. The van der Waals surface area contributed by atoms with Crippen LogP contribution in [0.15, 0.2) is 59.2 Å². The van der Waals surface area contributed by atoms with Crippen LogP contribution in [0.25, 0.3) is 10.9 Å². The van der Waals surface area contributed by atoms with Gasteiger partial charge in [-0.1, -0.05) is 30.4 Å². The van der Waals surface area contributed by atoms with E-state index < -0.39 is 0 Å². The van der Waals surface area contributed by atoms with Gasteiger partial charge in [0.05, 0.1) is 12.2 Å². The maximum absolute atomic E-state index is 5.80. The smallest absolute Gasteiger partial charge is 0.111 e. The van der Waals surface area contributed by atoms with Crippen molar-refractivity contribution in [1.29, 1.82) is 0 Å². The van der Waals surface area contributed by atoms with Gasteiger partial charge in [0.1, 0.15) is 5.76 Å². The largest absolute Gasteiger partial charge is 0.469 e. The van der Waals surface area contributed by atoms with Crippen LogP contribution in [0.1, 0.15) is 35.3 Å². The molecule has 0 radical (unpaired) electrons. The lowest BCUT2D eigenvalue weighted by molar-refractivity contribution is 0.406. The first-order valence-electron chi connectivity index (χ1n) is 7.63. The number of benzene rings is 1. The first kappa shape index (κ1) is 11.4. The Bertz CT molecular complexity index is 853. The Morgan fingerprint density at radius 3 is 2.86 bits per heavy atom. The zero-order valence-electron chi connectivity index (χ0n) is 12.0. The quantitative estimate of drug-likeness (QED) is 0.595. The van der Waals surface area contributed by atoms with E-state index >= 15 is 0 Å². The Kier molecular flexibility index (Phi) is 2.13. The van der Waals surface area contributed by atoms with E-state index in [4.69, 9.17) is 4.42 Å². The van der Waals surface area contributed by atoms with Crippen LogP contribution in [-0.2, 0) is 7.05 Å². The second-order valence-corrected chi connectivity index (χ2v) is 6.26. The van der Waals surface area contributed by atoms with Gasteiger partial charge < -0.3 is 8.98 Å². The Morgan fingerprint density at radius 1 is 1.10 bits per heavy atom. The zero-order valence-corrected chi connectivity index (χ0v) is 12.0. The van der Waals surface area contributed by atoms with Gasteiger partial charge in [-0.05, 0) is 36.1 Å². The van der Waals surface area contributed by atoms with Crippen LogP contribution < -0.4 is 0 Å². The van der Waals surface area contributed by atoms with Gasteiger partial charge >= 0.3 is 0 Å². The Balaban J connectivity index is 1.89. The molecule has 0 aliphatic heterocycles. The van der Waals surface area contributed by atoms with Gasteiger partial charge in [0.25, 0.3) is 0 Å². The maximum atomic E-state index is 5.80. The van der Waals surface area contributed by atoms with Crippen LogP contribution in [0.4, 0.5) is 0 Å². The van der Waals surface area contributed by atoms with E-state index in [2.05, 4.69) is 54.1 Å². The summed E-state index contributed by atoms with van der Waals surface area (Å²) in [6, 6.07) is 12.9. The predicted octanol–water partition coefficient (Wildman–Crippen LogP) is 4.58. The van der Waals surface area contributed by atoms with E-state index in [0.717, 1.165) is 5.76 Å². The highest BCUT2D eigenvalue weighted by molar-refractivity contribution is 5.87. The van der Waals surface area contributed by atoms with Crippen molar-refractivity contribution < 1.29 is 4.42 Å². The highest BCUT2D eigenvalue weighted by Gasteiger charge is 2.41. The molecule has 3 atom stereocenters. The fraction of sp³-hybridized carbons (Fsp3) is 0.263. The number of aryl methyl sites for hydroxylation is 1. The van der Waals surface area contributed by atoms with E-state index in [1.807, 2.05) is 6.07 Å². The highest BCUT2D eigenvalue weighted by Crippen LogP contribution is 2.53. The van der Waals surface area contributed by atoms with Gasteiger partial charge in [0.15, 0.2) is 0 Å². The van der Waals surface area contributed by atoms with Crippen LogP contribution >= 0.6 is 0 Å². The minimum absolute atomic E-state index is 0.357. The van der Waals surface area contributed by atoms with Gasteiger partial charge in [-0.15, -0.1) is 0 Å². The molecule has 0 spiro atoms. The molecule has 2 aliphatic carbocycles. The van der Waals surface area contributed by atoms with Crippen molar-refractivity contribution in [3.8, 4) is 0 Å². The zero-order chi connectivity index (χ0) is 14.0. The molecule has 21 heavy (non-hydrogen) atoms. The second kappa shape index (κ2) is 3.91. The summed E-state index contributed by atoms with van der Waals surface area (Å²) in [6.45, 7) is 0. The van der Waals surface area contributed by atoms with Gasteiger partial charge in [-0.25, -0.2) is 0 Å². The first-order chi connectivity index (χ1) is 10.3. The molecule has 2 heterocycles. The molecule has 0 saturated heterocycles. The molecule has 2 aromatic heterocycles. The minimum atomic E-state index is 0.357. The molecule has 2 heteroatoms. The molecule has 0 amide bonds. The van der Waals surface area contributed by atoms with E-state index in [9.17, 15) is 0 Å². The van der Waals surface area contributed by atoms with Crippen molar-refractivity contribution in [3.63, 3.8) is 0 Å². The number of rotatable bonds is 1. The van der Waals surface area contributed by atoms with Crippen LogP contribution in [0.5, 0.6) is 0 Å². The summed E-state index contributed by atoms with van der Waals surface area (Å²) in [4.78, 5) is 0. The number of hydrogen-bond donors (Lipinski definition) is 0. The van der Waals surface area contributed by atoms with E-state index in [1.165, 1.54) is 28.6 Å². The number of nitrogens with zero attached hydrogens (tertiary/aromatic N) is 1. The van der Waals surface area contributed by atoms with Crippen LogP contribution in [-0.4, -0.2) is 4.57 Å². The SMILES string of the molecule is Cn1c2c(c3ccccc31)C(c1ccco1)[C@@H]1C=C[C@@H]2C1. The summed E-state index contributed by atoms with van der Waals surface area (Å²) >= 11 is 0. The third-order valence-corrected chi connectivity index (χ3v) is 5.25. The van der Waals surface area contributed by atoms with Crippen molar-refractivity contribution in [2.45, 2.75) is 18.3 Å². The van der Waals surface area contributed by atoms with Gasteiger partial charge in [-0.3, -0.25) is 0 Å². The van der Waals surface area contributed by atoms with Crippen molar-refractivity contribution in [1.82, 2.24) is 4.57 Å². The molecule has 2 aliphatic rings. The number of allylic oxidation sites excluding steroid dienone is 2. The maximum Gasteiger partial charge on any atom is 0.111 e. The molecule has 0 saturated carbocycles. The van der Waals surface area contributed by atoms with Crippen molar-refractivity contribution in [3.05, 3.63) is 71.8 Å². The summed E-state index contributed by atoms with van der Waals surface area (Å²) < 4.78 is 8.18. The van der Waals surface area contributed by atoms with E-state index in [-0.39, 0.29) is 0 Å². The fourth-order valence-electron chi connectivity index (χ4n) is 4.43. The molecule has 0 fully saturated rings. The van der Waals surface area contributed by atoms with Crippen LogP contribution in [0.2, 0.25) is 0 Å². The van der Waals surface area contributed by atoms with Crippen LogP contribution in [0.3, 0.4) is 0 Å². The topological polar surface area (TPSA) is 18.1 Å². The monoisotopic (exact) mass is 275 g/mol. The summed E-state index contributed by atoms with van der Waals surface area (Å²) in [5.74, 6) is 2.59. The summed E-state index contributed by atoms with van der Waals surface area (Å²) in [7, 11) is 2.20. The average Bonchev–Trinajstić information content (AvgIpc) is 3.22. The predicted molar refractivity (Wildman–Crippen MR) is 83.5 cm³/mol. The summed E-state index contributed by atoms with van der Waals surface area (Å²) in [5, 5.41) is 1.38. The molecule has 2 bridgehead atoms. The minimum Gasteiger partial charge on any atom is -0.469 e. The van der Waals surface area contributed by atoms with Crippen molar-refractivity contribution in [2.24, 2.45) is 13.0 Å². The number of aromatic nitrogens is 1. The number of hydrogen-bond acceptors (Lipinski definition) is 1. The van der Waals surface area contributed by atoms with Crippen LogP contribution in [0, 0.1) is 5.92 Å². The Labute approximate surface area is 123 Å². The Hall–Kier alpha value is -2.22. The summed E-state index contributed by atoms with van der Waals surface area (Å²) in [5.41, 5.74) is 4.29. The molecule has 5 rings (SSSR count). The van der Waals surface area contributed by atoms with Gasteiger partial charge in [0.2, 0.25) is 0 Å². The third kappa shape index (κ3) is 1.37. The standard InChI is InChI=1S/C19H17NO/c1-20-15-6-3-2-5-14(15)18-17(16-7-4-10-21-16)12-8-9-13(11-12)19(18)20/h2-10,12-13,17H,11H2,1H3/t12-,13-,17?/m1/s1. The van der Waals surface area contributed by atoms with Crippen molar-refractivity contribution in [2.75, 3.05) is 0 Å². The molecule has 1 aromatic carbocycles. The van der Waals surface area contributed by atoms with Gasteiger partial charge in [0, 0.05) is 29.6 Å². The first-order valence-corrected chi connectivity index (χ1v) is 7.63. The number of fused-ring (bicyclic) bond motifs is 6. The average molecular weight is 275 g/mol. The molecule has 3 aromatic rings. The lowest BCUT2D eigenvalue weighted by Gasteiger charge is -2.29. The second-order valence-electron chi connectivity index (χ2n) is 6.26. The lowest BCUT2D eigenvalue weighted by atomic mass is 9.75. The normalized spacial score (nSPS) is 26.4. The molecule has 0 N–H and O–H groups in total.